The molecule has 1 N–H and O–H groups in total. The summed E-state index contributed by atoms with van der Waals surface area (Å²) in [6.07, 6.45) is 5.77. The van der Waals surface area contributed by atoms with Crippen LogP contribution in [0.15, 0.2) is 76.6 Å². The molecule has 4 rings (SSSR count). The number of nitrogens with one attached hydrogen (secondary N) is 1. The lowest BCUT2D eigenvalue weighted by Crippen LogP contribution is -2.44. The van der Waals surface area contributed by atoms with Crippen LogP contribution in [0.5, 0.6) is 0 Å². The van der Waals surface area contributed by atoms with Gasteiger partial charge in [-0.05, 0) is 103 Å². The van der Waals surface area contributed by atoms with Crippen LogP contribution in [0.3, 0.4) is 0 Å². The second-order valence-electron chi connectivity index (χ2n) is 12.6. The van der Waals surface area contributed by atoms with Gasteiger partial charge >= 0.3 is 0 Å². The molecule has 0 heterocycles. The van der Waals surface area contributed by atoms with E-state index in [-0.39, 0.29) is 11.5 Å². The monoisotopic (exact) mass is 587 g/mol. The maximum atomic E-state index is 5.03. The van der Waals surface area contributed by atoms with Crippen molar-refractivity contribution in [1.29, 1.82) is 0 Å². The highest BCUT2D eigenvalue weighted by molar-refractivity contribution is 9.10. The molecule has 1 unspecified atom stereocenters. The summed E-state index contributed by atoms with van der Waals surface area (Å²) in [7, 11) is 0. The van der Waals surface area contributed by atoms with Crippen molar-refractivity contribution >= 4 is 27.3 Å². The predicted octanol–water partition coefficient (Wildman–Crippen LogP) is 9.69. The molecule has 0 saturated heterocycles. The van der Waals surface area contributed by atoms with Gasteiger partial charge in [-0.3, -0.25) is 0 Å². The molecule has 1 saturated carbocycles. The van der Waals surface area contributed by atoms with Gasteiger partial charge < -0.3 is 10.2 Å². The van der Waals surface area contributed by atoms with Crippen molar-refractivity contribution in [3.63, 3.8) is 0 Å². The van der Waals surface area contributed by atoms with E-state index in [9.17, 15) is 0 Å². The van der Waals surface area contributed by atoms with E-state index in [1.807, 2.05) is 13.1 Å². The molecule has 2 aliphatic carbocycles. The van der Waals surface area contributed by atoms with Crippen molar-refractivity contribution in [2.24, 2.45) is 16.3 Å². The predicted molar refractivity (Wildman–Crippen MR) is 173 cm³/mol. The van der Waals surface area contributed by atoms with Crippen LogP contribution in [0.4, 0.5) is 0 Å². The van der Waals surface area contributed by atoms with E-state index in [1.165, 1.54) is 47.1 Å². The molecule has 2 aromatic rings. The molecule has 2 aliphatic rings. The first kappa shape index (κ1) is 29.4. The minimum absolute atomic E-state index is 0.0423. The average Bonchev–Trinajstić information content (AvgIpc) is 3.63. The second-order valence-corrected chi connectivity index (χ2v) is 13.6. The summed E-state index contributed by atoms with van der Waals surface area (Å²) in [5.41, 5.74) is 10.2. The number of nitrogens with zero attached hydrogens (tertiary/aromatic N) is 2. The van der Waals surface area contributed by atoms with Crippen LogP contribution in [-0.2, 0) is 5.41 Å². The van der Waals surface area contributed by atoms with Gasteiger partial charge in [-0.1, -0.05) is 81.9 Å². The van der Waals surface area contributed by atoms with E-state index in [0.717, 1.165) is 33.8 Å². The summed E-state index contributed by atoms with van der Waals surface area (Å²) in [6.45, 7) is 27.4. The van der Waals surface area contributed by atoms with E-state index in [2.05, 4.69) is 124 Å². The maximum Gasteiger partial charge on any atom is 0.105 e. The van der Waals surface area contributed by atoms with Crippen molar-refractivity contribution in [2.45, 2.75) is 86.1 Å². The van der Waals surface area contributed by atoms with E-state index in [1.54, 1.807) is 0 Å². The van der Waals surface area contributed by atoms with E-state index in [4.69, 9.17) is 4.99 Å². The van der Waals surface area contributed by atoms with Crippen LogP contribution >= 0.6 is 15.9 Å². The fraction of sp³-hybridized carbons (Fsp3) is 0.457. The summed E-state index contributed by atoms with van der Waals surface area (Å²) >= 11 is 3.67. The molecule has 2 aromatic carbocycles. The molecule has 0 amide bonds. The molecular formula is C35H46BrN3. The summed E-state index contributed by atoms with van der Waals surface area (Å²) in [5, 5.41) is 3.56. The summed E-state index contributed by atoms with van der Waals surface area (Å²) in [6, 6.07) is 13.6. The van der Waals surface area contributed by atoms with E-state index >= 15 is 0 Å². The SMILES string of the molecule is C=C(C)NC(C(=C)N(CC1(CC)CC1)C(C)=N/C=C(\C)c1ccc2c(c1)C(C)(C)c1cc(Br)ccc1-2)C(C)C. The van der Waals surface area contributed by atoms with Crippen LogP contribution in [0.2, 0.25) is 0 Å². The number of benzene rings is 2. The van der Waals surface area contributed by atoms with Crippen molar-refractivity contribution < 1.29 is 0 Å². The van der Waals surface area contributed by atoms with Gasteiger partial charge in [0, 0.05) is 34.0 Å². The molecule has 4 heteroatoms. The largest absolute Gasteiger partial charge is 0.381 e. The van der Waals surface area contributed by atoms with Crippen LogP contribution < -0.4 is 5.32 Å². The molecule has 1 atom stereocenters. The van der Waals surface area contributed by atoms with Crippen LogP contribution in [0.1, 0.15) is 91.3 Å². The van der Waals surface area contributed by atoms with Gasteiger partial charge in [-0.15, -0.1) is 0 Å². The number of rotatable bonds is 10. The van der Waals surface area contributed by atoms with Gasteiger partial charge in [0.05, 0.1) is 6.04 Å². The highest BCUT2D eigenvalue weighted by atomic mass is 79.9. The van der Waals surface area contributed by atoms with Gasteiger partial charge in [0.2, 0.25) is 0 Å². The number of allylic oxidation sites excluding steroid dienone is 2. The lowest BCUT2D eigenvalue weighted by molar-refractivity contribution is 0.319. The molecule has 0 aromatic heterocycles. The molecule has 39 heavy (non-hydrogen) atoms. The Bertz CT molecular complexity index is 1340. The van der Waals surface area contributed by atoms with E-state index < -0.39 is 0 Å². The first-order chi connectivity index (χ1) is 18.3. The van der Waals surface area contributed by atoms with Crippen molar-refractivity contribution in [3.8, 4) is 11.1 Å². The number of fused-ring (bicyclic) bond motifs is 3. The minimum atomic E-state index is -0.0423. The number of hydrogen-bond donors (Lipinski definition) is 1. The van der Waals surface area contributed by atoms with Crippen molar-refractivity contribution in [2.75, 3.05) is 6.54 Å². The Morgan fingerprint density at radius 1 is 1.05 bits per heavy atom. The molecule has 0 spiro atoms. The molecule has 0 bridgehead atoms. The van der Waals surface area contributed by atoms with Gasteiger partial charge in [0.25, 0.3) is 0 Å². The molecule has 0 aliphatic heterocycles. The van der Waals surface area contributed by atoms with Gasteiger partial charge in [-0.2, -0.15) is 0 Å². The molecule has 3 nitrogen and oxygen atoms in total. The zero-order valence-corrected chi connectivity index (χ0v) is 26.8. The smallest absolute Gasteiger partial charge is 0.105 e. The number of hydrogen-bond acceptors (Lipinski definition) is 2. The Kier molecular flexibility index (Phi) is 8.38. The fourth-order valence-corrected chi connectivity index (χ4v) is 6.28. The van der Waals surface area contributed by atoms with Crippen molar-refractivity contribution in [3.05, 3.63) is 88.3 Å². The Labute approximate surface area is 245 Å². The summed E-state index contributed by atoms with van der Waals surface area (Å²) in [5.74, 6) is 1.38. The Morgan fingerprint density at radius 3 is 2.23 bits per heavy atom. The topological polar surface area (TPSA) is 27.6 Å². The Balaban J connectivity index is 1.64. The number of amidine groups is 1. The van der Waals surface area contributed by atoms with Crippen molar-refractivity contribution in [1.82, 2.24) is 10.2 Å². The normalized spacial score (nSPS) is 17.9. The summed E-state index contributed by atoms with van der Waals surface area (Å²) < 4.78 is 1.13. The third-order valence-corrected chi connectivity index (χ3v) is 9.40. The number of aliphatic imine (C=N–C) groups is 1. The quantitative estimate of drug-likeness (QED) is 0.221. The third-order valence-electron chi connectivity index (χ3n) is 8.90. The average molecular weight is 589 g/mol. The molecular weight excluding hydrogens is 542 g/mol. The minimum Gasteiger partial charge on any atom is -0.381 e. The molecule has 0 radical (unpaired) electrons. The van der Waals surface area contributed by atoms with Gasteiger partial charge in [-0.25, -0.2) is 4.99 Å². The maximum absolute atomic E-state index is 5.03. The van der Waals surface area contributed by atoms with Crippen LogP contribution in [0.25, 0.3) is 16.7 Å². The Hall–Kier alpha value is -2.59. The lowest BCUT2D eigenvalue weighted by Gasteiger charge is -2.36. The standard InChI is InChI=1S/C35H46BrN3/c1-11-35(16-17-35)21-39(25(7)33(22(2)3)38-23(4)5)26(8)37-20-24(6)27-12-14-29-30-15-13-28(36)19-32(30)34(9,10)31(29)18-27/h12-15,18-20,22,33,38H,4,7,11,16-17,21H2,1-3,5-6,8-10H3/b24-20+,37-26?. The third kappa shape index (κ3) is 5.96. The number of halogens is 1. The Morgan fingerprint density at radius 2 is 1.67 bits per heavy atom. The molecule has 208 valence electrons. The highest BCUT2D eigenvalue weighted by Gasteiger charge is 2.43. The first-order valence-corrected chi connectivity index (χ1v) is 15.1. The zero-order chi connectivity index (χ0) is 28.7. The second kappa shape index (κ2) is 11.1. The van der Waals surface area contributed by atoms with Crippen LogP contribution in [0, 0.1) is 11.3 Å². The fourth-order valence-electron chi connectivity index (χ4n) is 5.92. The highest BCUT2D eigenvalue weighted by Crippen LogP contribution is 2.51. The first-order valence-electron chi connectivity index (χ1n) is 14.3. The zero-order valence-electron chi connectivity index (χ0n) is 25.2. The summed E-state index contributed by atoms with van der Waals surface area (Å²) in [4.78, 5) is 7.40. The van der Waals surface area contributed by atoms with Crippen LogP contribution in [-0.4, -0.2) is 23.3 Å². The van der Waals surface area contributed by atoms with E-state index in [0.29, 0.717) is 11.3 Å². The lowest BCUT2D eigenvalue weighted by atomic mass is 9.81. The van der Waals surface area contributed by atoms with Gasteiger partial charge in [0.1, 0.15) is 5.84 Å². The molecule has 1 fully saturated rings. The van der Waals surface area contributed by atoms with Gasteiger partial charge in [0.15, 0.2) is 0 Å².